The Morgan fingerprint density at radius 2 is 1.76 bits per heavy atom. The highest BCUT2D eigenvalue weighted by molar-refractivity contribution is 6.35. The third-order valence-electron chi connectivity index (χ3n) is 3.14. The van der Waals surface area contributed by atoms with E-state index in [0.717, 1.165) is 5.56 Å². The number of hydrogen-bond donors (Lipinski definition) is 1. The Morgan fingerprint density at radius 3 is 2.57 bits per heavy atom. The zero-order chi connectivity index (χ0) is 14.8. The Hall–Kier alpha value is -2.69. The second-order valence-corrected chi connectivity index (χ2v) is 4.47. The lowest BCUT2D eigenvalue weighted by Crippen LogP contribution is -2.05. The van der Waals surface area contributed by atoms with Crippen molar-refractivity contribution in [1.29, 1.82) is 0 Å². The average molecular weight is 287 g/mol. The Kier molecular flexibility index (Phi) is 3.39. The monoisotopic (exact) mass is 287 g/mol. The topological polar surface area (TPSA) is 38.3 Å². The largest absolute Gasteiger partial charge is 0.434 e. The Balaban J connectivity index is 2.05. The summed E-state index contributed by atoms with van der Waals surface area (Å²) in [5.41, 5.74) is 2.31. The van der Waals surface area contributed by atoms with Crippen LogP contribution >= 0.6 is 0 Å². The summed E-state index contributed by atoms with van der Waals surface area (Å²) in [6, 6.07) is 13.6. The zero-order valence-corrected chi connectivity index (χ0v) is 10.8. The van der Waals surface area contributed by atoms with Crippen molar-refractivity contribution in [1.82, 2.24) is 0 Å². The van der Waals surface area contributed by atoms with Crippen LogP contribution in [0.4, 0.5) is 14.5 Å². The number of benzene rings is 2. The van der Waals surface area contributed by atoms with Gasteiger partial charge in [-0.2, -0.15) is 8.78 Å². The van der Waals surface area contributed by atoms with Gasteiger partial charge in [-0.3, -0.25) is 4.79 Å². The third-order valence-corrected chi connectivity index (χ3v) is 3.14. The summed E-state index contributed by atoms with van der Waals surface area (Å²) in [7, 11) is 0. The molecule has 0 bridgehead atoms. The third kappa shape index (κ3) is 2.63. The van der Waals surface area contributed by atoms with Crippen LogP contribution in [0.25, 0.3) is 11.6 Å². The molecule has 0 aliphatic carbocycles. The van der Waals surface area contributed by atoms with Crippen LogP contribution in [0.3, 0.4) is 0 Å². The van der Waals surface area contributed by atoms with Crippen molar-refractivity contribution in [2.24, 2.45) is 0 Å². The van der Waals surface area contributed by atoms with Crippen LogP contribution in [0.1, 0.15) is 11.1 Å². The van der Waals surface area contributed by atoms with Crippen LogP contribution in [-0.4, -0.2) is 12.5 Å². The summed E-state index contributed by atoms with van der Waals surface area (Å²) < 4.78 is 29.3. The quantitative estimate of drug-likeness (QED) is 0.872. The maximum absolute atomic E-state index is 12.4. The van der Waals surface area contributed by atoms with E-state index in [1.165, 1.54) is 6.07 Å². The van der Waals surface area contributed by atoms with E-state index in [0.29, 0.717) is 16.8 Å². The lowest BCUT2D eigenvalue weighted by atomic mass is 10.0. The van der Waals surface area contributed by atoms with Crippen LogP contribution in [0.2, 0.25) is 0 Å². The summed E-state index contributed by atoms with van der Waals surface area (Å²) in [6.07, 6.45) is 1.55. The van der Waals surface area contributed by atoms with E-state index >= 15 is 0 Å². The van der Waals surface area contributed by atoms with Crippen LogP contribution < -0.4 is 10.1 Å². The second kappa shape index (κ2) is 5.36. The minimum Gasteiger partial charge on any atom is -0.434 e. The molecule has 0 atom stereocenters. The maximum atomic E-state index is 12.4. The van der Waals surface area contributed by atoms with Gasteiger partial charge in [0.15, 0.2) is 0 Å². The molecule has 1 aliphatic heterocycles. The van der Waals surface area contributed by atoms with Gasteiger partial charge in [0, 0.05) is 22.4 Å². The SMILES string of the molecule is O=C1Nc2ccccc2/C1=C\c1ccccc1OC(F)F. The molecule has 1 amide bonds. The molecule has 1 heterocycles. The van der Waals surface area contributed by atoms with Gasteiger partial charge in [-0.05, 0) is 18.2 Å². The first kappa shape index (κ1) is 13.3. The molecule has 0 fully saturated rings. The van der Waals surface area contributed by atoms with Crippen molar-refractivity contribution in [2.75, 3.05) is 5.32 Å². The van der Waals surface area contributed by atoms with Gasteiger partial charge in [0.2, 0.25) is 0 Å². The molecular weight excluding hydrogens is 276 g/mol. The fraction of sp³-hybridized carbons (Fsp3) is 0.0625. The number of carbonyl (C=O) groups is 1. The lowest BCUT2D eigenvalue weighted by Gasteiger charge is -2.08. The predicted molar refractivity (Wildman–Crippen MR) is 76.0 cm³/mol. The van der Waals surface area contributed by atoms with Gasteiger partial charge >= 0.3 is 6.61 Å². The molecule has 1 aliphatic rings. The van der Waals surface area contributed by atoms with Gasteiger partial charge in [0.05, 0.1) is 0 Å². The number of ether oxygens (including phenoxy) is 1. The molecule has 0 unspecified atom stereocenters. The van der Waals surface area contributed by atoms with Crippen molar-refractivity contribution < 1.29 is 18.3 Å². The van der Waals surface area contributed by atoms with Gasteiger partial charge in [0.1, 0.15) is 5.75 Å². The molecule has 106 valence electrons. The summed E-state index contributed by atoms with van der Waals surface area (Å²) >= 11 is 0. The smallest absolute Gasteiger partial charge is 0.387 e. The van der Waals surface area contributed by atoms with E-state index in [1.807, 2.05) is 12.1 Å². The Morgan fingerprint density at radius 1 is 1.05 bits per heavy atom. The molecule has 0 saturated carbocycles. The first-order valence-electron chi connectivity index (χ1n) is 6.31. The highest BCUT2D eigenvalue weighted by Crippen LogP contribution is 2.34. The summed E-state index contributed by atoms with van der Waals surface area (Å²) in [5.74, 6) is -0.222. The molecule has 3 rings (SSSR count). The Labute approximate surface area is 119 Å². The normalized spacial score (nSPS) is 15.2. The van der Waals surface area contributed by atoms with Crippen LogP contribution in [0.15, 0.2) is 48.5 Å². The predicted octanol–water partition coefficient (Wildman–Crippen LogP) is 3.78. The summed E-state index contributed by atoms with van der Waals surface area (Å²) in [5, 5.41) is 2.73. The van der Waals surface area contributed by atoms with Gasteiger partial charge in [-0.1, -0.05) is 36.4 Å². The number of nitrogens with one attached hydrogen (secondary N) is 1. The molecule has 0 saturated heterocycles. The highest BCUT2D eigenvalue weighted by Gasteiger charge is 2.23. The molecule has 5 heteroatoms. The molecule has 0 spiro atoms. The van der Waals surface area contributed by atoms with E-state index < -0.39 is 6.61 Å². The molecule has 1 N–H and O–H groups in total. The molecule has 2 aromatic rings. The first-order chi connectivity index (χ1) is 10.1. The number of anilines is 1. The molecule has 0 radical (unpaired) electrons. The van der Waals surface area contributed by atoms with Crippen LogP contribution in [0, 0.1) is 0 Å². The molecule has 0 aromatic heterocycles. The van der Waals surface area contributed by atoms with E-state index in [-0.39, 0.29) is 11.7 Å². The van der Waals surface area contributed by atoms with E-state index in [4.69, 9.17) is 0 Å². The van der Waals surface area contributed by atoms with Crippen LogP contribution in [-0.2, 0) is 4.79 Å². The minimum absolute atomic E-state index is 0.0391. The van der Waals surface area contributed by atoms with Gasteiger partial charge in [0.25, 0.3) is 5.91 Å². The summed E-state index contributed by atoms with van der Waals surface area (Å²) in [4.78, 5) is 12.0. The number of fused-ring (bicyclic) bond motifs is 1. The van der Waals surface area contributed by atoms with Crippen molar-refractivity contribution in [3.8, 4) is 5.75 Å². The number of alkyl halides is 2. The van der Waals surface area contributed by atoms with Gasteiger partial charge in [-0.25, -0.2) is 0 Å². The molecule has 3 nitrogen and oxygen atoms in total. The maximum Gasteiger partial charge on any atom is 0.387 e. The van der Waals surface area contributed by atoms with Gasteiger partial charge in [-0.15, -0.1) is 0 Å². The average Bonchev–Trinajstić information content (AvgIpc) is 2.77. The van der Waals surface area contributed by atoms with E-state index in [9.17, 15) is 13.6 Å². The van der Waals surface area contributed by atoms with E-state index in [2.05, 4.69) is 10.1 Å². The number of para-hydroxylation sites is 2. The van der Waals surface area contributed by atoms with Crippen LogP contribution in [0.5, 0.6) is 5.75 Å². The fourth-order valence-corrected chi connectivity index (χ4v) is 2.24. The standard InChI is InChI=1S/C16H11F2NO2/c17-16(18)21-14-8-4-1-5-10(14)9-12-11-6-2-3-7-13(11)19-15(12)20/h1-9,16H,(H,19,20)/b12-9+. The zero-order valence-electron chi connectivity index (χ0n) is 10.8. The number of carbonyl (C=O) groups excluding carboxylic acids is 1. The van der Waals surface area contributed by atoms with E-state index in [1.54, 1.807) is 36.4 Å². The first-order valence-corrected chi connectivity index (χ1v) is 6.31. The number of amides is 1. The lowest BCUT2D eigenvalue weighted by molar-refractivity contribution is -0.110. The van der Waals surface area contributed by atoms with Crippen molar-refractivity contribution in [3.05, 3.63) is 59.7 Å². The molecular formula is C16H11F2NO2. The van der Waals surface area contributed by atoms with Gasteiger partial charge < -0.3 is 10.1 Å². The molecule has 2 aromatic carbocycles. The van der Waals surface area contributed by atoms with Crippen molar-refractivity contribution >= 4 is 23.2 Å². The highest BCUT2D eigenvalue weighted by atomic mass is 19.3. The number of halogens is 2. The minimum atomic E-state index is -2.91. The summed E-state index contributed by atoms with van der Waals surface area (Å²) in [6.45, 7) is -2.91. The fourth-order valence-electron chi connectivity index (χ4n) is 2.24. The second-order valence-electron chi connectivity index (χ2n) is 4.47. The Bertz CT molecular complexity index is 726. The van der Waals surface area contributed by atoms with Crippen molar-refractivity contribution in [3.63, 3.8) is 0 Å². The number of hydrogen-bond acceptors (Lipinski definition) is 2. The number of rotatable bonds is 3. The van der Waals surface area contributed by atoms with Crippen molar-refractivity contribution in [2.45, 2.75) is 6.61 Å². The molecule has 21 heavy (non-hydrogen) atoms.